The molecule has 2 atom stereocenters. The molecular formula is C17H27NO. The third-order valence-electron chi connectivity index (χ3n) is 4.34. The molecule has 0 bridgehead atoms. The summed E-state index contributed by atoms with van der Waals surface area (Å²) in [5.41, 5.74) is 1.40. The van der Waals surface area contributed by atoms with E-state index in [0.717, 1.165) is 6.54 Å². The first-order chi connectivity index (χ1) is 9.12. The molecule has 2 nitrogen and oxygen atoms in total. The molecule has 0 amide bonds. The molecule has 1 aromatic carbocycles. The fourth-order valence-corrected chi connectivity index (χ4v) is 2.92. The lowest BCUT2D eigenvalue weighted by Gasteiger charge is -2.35. The minimum atomic E-state index is -0.0846. The second-order valence-corrected chi connectivity index (χ2v) is 6.25. The maximum absolute atomic E-state index is 5.51. The Bertz CT molecular complexity index is 374. The van der Waals surface area contributed by atoms with Gasteiger partial charge in [-0.3, -0.25) is 0 Å². The van der Waals surface area contributed by atoms with Crippen molar-refractivity contribution in [3.63, 3.8) is 0 Å². The Morgan fingerprint density at radius 1 is 1.16 bits per heavy atom. The van der Waals surface area contributed by atoms with Crippen molar-refractivity contribution < 1.29 is 4.74 Å². The summed E-state index contributed by atoms with van der Waals surface area (Å²) in [6.07, 6.45) is 5.27. The van der Waals surface area contributed by atoms with Crippen LogP contribution in [0.2, 0.25) is 0 Å². The van der Waals surface area contributed by atoms with Crippen LogP contribution in [-0.4, -0.2) is 25.3 Å². The average molecular weight is 261 g/mol. The predicted octanol–water partition coefficient (Wildman–Crippen LogP) is 3.73. The third kappa shape index (κ3) is 4.05. The van der Waals surface area contributed by atoms with Gasteiger partial charge in [0, 0.05) is 19.7 Å². The van der Waals surface area contributed by atoms with Gasteiger partial charge >= 0.3 is 0 Å². The molecule has 0 saturated heterocycles. The van der Waals surface area contributed by atoms with Crippen LogP contribution < -0.4 is 5.32 Å². The Hall–Kier alpha value is -0.860. The van der Waals surface area contributed by atoms with Crippen LogP contribution in [0.5, 0.6) is 0 Å². The minimum absolute atomic E-state index is 0.0846. The normalized spacial score (nSPS) is 24.4. The van der Waals surface area contributed by atoms with Crippen LogP contribution in [0.1, 0.15) is 51.0 Å². The molecule has 106 valence electrons. The molecule has 0 heterocycles. The maximum Gasteiger partial charge on any atom is 0.0746 e. The largest absolute Gasteiger partial charge is 0.377 e. The van der Waals surface area contributed by atoms with Crippen LogP contribution in [0.15, 0.2) is 30.3 Å². The lowest BCUT2D eigenvalue weighted by Crippen LogP contribution is -2.45. The highest BCUT2D eigenvalue weighted by molar-refractivity contribution is 5.22. The van der Waals surface area contributed by atoms with Crippen molar-refractivity contribution >= 4 is 0 Å². The molecule has 2 rings (SSSR count). The van der Waals surface area contributed by atoms with E-state index in [1.54, 1.807) is 7.11 Å². The predicted molar refractivity (Wildman–Crippen MR) is 80.5 cm³/mol. The number of rotatable bonds is 5. The van der Waals surface area contributed by atoms with Gasteiger partial charge in [0.2, 0.25) is 0 Å². The third-order valence-corrected chi connectivity index (χ3v) is 4.34. The molecule has 0 spiro atoms. The number of hydrogen-bond acceptors (Lipinski definition) is 2. The summed E-state index contributed by atoms with van der Waals surface area (Å²) >= 11 is 0. The monoisotopic (exact) mass is 261 g/mol. The summed E-state index contributed by atoms with van der Waals surface area (Å²) in [6.45, 7) is 5.19. The first kappa shape index (κ1) is 14.5. The number of hydrogen-bond donors (Lipinski definition) is 1. The summed E-state index contributed by atoms with van der Waals surface area (Å²) in [6, 6.07) is 11.5. The van der Waals surface area contributed by atoms with Gasteiger partial charge < -0.3 is 10.1 Å². The fourth-order valence-electron chi connectivity index (χ4n) is 2.92. The summed E-state index contributed by atoms with van der Waals surface area (Å²) < 4.78 is 5.51. The van der Waals surface area contributed by atoms with Crippen molar-refractivity contribution in [2.45, 2.75) is 57.1 Å². The molecular weight excluding hydrogens is 234 g/mol. The van der Waals surface area contributed by atoms with E-state index in [1.165, 1.54) is 31.2 Å². The van der Waals surface area contributed by atoms with Crippen LogP contribution in [0, 0.1) is 0 Å². The molecule has 1 aliphatic carbocycles. The molecule has 1 fully saturated rings. The van der Waals surface area contributed by atoms with E-state index in [0.29, 0.717) is 12.0 Å². The van der Waals surface area contributed by atoms with Gasteiger partial charge in [0.25, 0.3) is 0 Å². The van der Waals surface area contributed by atoms with Crippen molar-refractivity contribution in [2.24, 2.45) is 0 Å². The minimum Gasteiger partial charge on any atom is -0.377 e. The highest BCUT2D eigenvalue weighted by Crippen LogP contribution is 2.33. The first-order valence-corrected chi connectivity index (χ1v) is 7.46. The lowest BCUT2D eigenvalue weighted by molar-refractivity contribution is 0.0193. The quantitative estimate of drug-likeness (QED) is 0.872. The van der Waals surface area contributed by atoms with Gasteiger partial charge in [0.05, 0.1) is 5.60 Å². The van der Waals surface area contributed by atoms with Gasteiger partial charge in [0.15, 0.2) is 0 Å². The van der Waals surface area contributed by atoms with Crippen molar-refractivity contribution in [2.75, 3.05) is 13.7 Å². The van der Waals surface area contributed by atoms with Crippen molar-refractivity contribution in [3.05, 3.63) is 35.9 Å². The molecule has 0 radical (unpaired) electrons. The van der Waals surface area contributed by atoms with Crippen molar-refractivity contribution in [1.29, 1.82) is 0 Å². The number of methoxy groups -OCH3 is 1. The summed E-state index contributed by atoms with van der Waals surface area (Å²) in [4.78, 5) is 0. The number of nitrogens with one attached hydrogen (secondary N) is 1. The summed E-state index contributed by atoms with van der Waals surface area (Å²) in [5.74, 6) is 0.655. The molecule has 1 aromatic rings. The molecule has 1 saturated carbocycles. The zero-order valence-electron chi connectivity index (χ0n) is 12.5. The molecule has 2 unspecified atom stereocenters. The first-order valence-electron chi connectivity index (χ1n) is 7.46. The molecule has 1 aliphatic rings. The smallest absolute Gasteiger partial charge is 0.0746 e. The van der Waals surface area contributed by atoms with Crippen molar-refractivity contribution in [1.82, 2.24) is 5.32 Å². The lowest BCUT2D eigenvalue weighted by atomic mass is 9.80. The SMILES string of the molecule is COC(C)(C)CNC1CCCCC1c1ccccc1. The highest BCUT2D eigenvalue weighted by atomic mass is 16.5. The Morgan fingerprint density at radius 2 is 1.84 bits per heavy atom. The van der Waals surface area contributed by atoms with Gasteiger partial charge in [-0.25, -0.2) is 0 Å². The molecule has 0 aliphatic heterocycles. The van der Waals surface area contributed by atoms with Crippen LogP contribution in [0.3, 0.4) is 0 Å². The Labute approximate surface area is 117 Å². The number of ether oxygens (including phenoxy) is 1. The second-order valence-electron chi connectivity index (χ2n) is 6.25. The van der Waals surface area contributed by atoms with Crippen LogP contribution in [0.4, 0.5) is 0 Å². The average Bonchev–Trinajstić information content (AvgIpc) is 2.46. The maximum atomic E-state index is 5.51. The van der Waals surface area contributed by atoms with Gasteiger partial charge in [0.1, 0.15) is 0 Å². The zero-order valence-corrected chi connectivity index (χ0v) is 12.5. The van der Waals surface area contributed by atoms with E-state index in [1.807, 2.05) is 0 Å². The van der Waals surface area contributed by atoms with Gasteiger partial charge in [-0.1, -0.05) is 43.2 Å². The highest BCUT2D eigenvalue weighted by Gasteiger charge is 2.28. The van der Waals surface area contributed by atoms with Crippen LogP contribution >= 0.6 is 0 Å². The van der Waals surface area contributed by atoms with Crippen LogP contribution in [-0.2, 0) is 4.74 Å². The van der Waals surface area contributed by atoms with E-state index >= 15 is 0 Å². The summed E-state index contributed by atoms with van der Waals surface area (Å²) in [5, 5.41) is 3.74. The van der Waals surface area contributed by atoms with Gasteiger partial charge in [-0.15, -0.1) is 0 Å². The van der Waals surface area contributed by atoms with Crippen molar-refractivity contribution in [3.8, 4) is 0 Å². The van der Waals surface area contributed by atoms with E-state index in [9.17, 15) is 0 Å². The molecule has 0 aromatic heterocycles. The van der Waals surface area contributed by atoms with E-state index in [2.05, 4.69) is 49.5 Å². The Balaban J connectivity index is 2.01. The molecule has 19 heavy (non-hydrogen) atoms. The van der Waals surface area contributed by atoms with Crippen LogP contribution in [0.25, 0.3) is 0 Å². The Kier molecular flexibility index (Phi) is 5.00. The fraction of sp³-hybridized carbons (Fsp3) is 0.647. The van der Waals surface area contributed by atoms with Gasteiger partial charge in [-0.2, -0.15) is 0 Å². The molecule has 2 heteroatoms. The van der Waals surface area contributed by atoms with E-state index in [-0.39, 0.29) is 5.60 Å². The van der Waals surface area contributed by atoms with E-state index < -0.39 is 0 Å². The number of benzene rings is 1. The second kappa shape index (κ2) is 6.53. The zero-order chi connectivity index (χ0) is 13.7. The topological polar surface area (TPSA) is 21.3 Å². The molecule has 1 N–H and O–H groups in total. The summed E-state index contributed by atoms with van der Waals surface area (Å²) in [7, 11) is 1.79. The van der Waals surface area contributed by atoms with Gasteiger partial charge in [-0.05, 0) is 38.2 Å². The Morgan fingerprint density at radius 3 is 2.53 bits per heavy atom. The standard InChI is InChI=1S/C17H27NO/c1-17(2,19-3)13-18-16-12-8-7-11-15(16)14-9-5-4-6-10-14/h4-6,9-10,15-16,18H,7-8,11-13H2,1-3H3. The van der Waals surface area contributed by atoms with E-state index in [4.69, 9.17) is 4.74 Å².